The number of aromatic carboxylic acids is 1. The SMILES string of the molecule is CCCCCc1cc2c(c(O)c1C(=O)O)[C@@H](C(C)C)[C@H]1C(C)CC[C@@]1(C)O2. The van der Waals surface area contributed by atoms with Crippen LogP contribution >= 0.6 is 0 Å². The second kappa shape index (κ2) is 7.37. The molecule has 27 heavy (non-hydrogen) atoms. The van der Waals surface area contributed by atoms with Crippen LogP contribution in [-0.2, 0) is 6.42 Å². The quantitative estimate of drug-likeness (QED) is 0.621. The lowest BCUT2D eigenvalue weighted by molar-refractivity contribution is -0.00488. The Morgan fingerprint density at radius 1 is 1.37 bits per heavy atom. The molecule has 0 saturated heterocycles. The van der Waals surface area contributed by atoms with Crippen molar-refractivity contribution in [2.24, 2.45) is 17.8 Å². The van der Waals surface area contributed by atoms with Crippen LogP contribution in [-0.4, -0.2) is 21.8 Å². The summed E-state index contributed by atoms with van der Waals surface area (Å²) in [5.74, 6) is 0.796. The van der Waals surface area contributed by atoms with Gasteiger partial charge in [-0.15, -0.1) is 0 Å². The van der Waals surface area contributed by atoms with E-state index in [1.807, 2.05) is 6.07 Å². The first-order valence-corrected chi connectivity index (χ1v) is 10.5. The Labute approximate surface area is 162 Å². The maximum absolute atomic E-state index is 12.0. The van der Waals surface area contributed by atoms with E-state index < -0.39 is 5.97 Å². The summed E-state index contributed by atoms with van der Waals surface area (Å²) < 4.78 is 6.50. The highest BCUT2D eigenvalue weighted by atomic mass is 16.5. The van der Waals surface area contributed by atoms with Gasteiger partial charge in [-0.3, -0.25) is 0 Å². The minimum absolute atomic E-state index is 0.0636. The summed E-state index contributed by atoms with van der Waals surface area (Å²) in [6.45, 7) is 10.9. The number of carboxylic acids is 1. The molecule has 3 rings (SSSR count). The van der Waals surface area contributed by atoms with Gasteiger partial charge in [-0.2, -0.15) is 0 Å². The maximum Gasteiger partial charge on any atom is 0.339 e. The molecule has 4 heteroatoms. The molecule has 1 aromatic rings. The average Bonchev–Trinajstić information content (AvgIpc) is 2.87. The Morgan fingerprint density at radius 2 is 2.07 bits per heavy atom. The zero-order valence-electron chi connectivity index (χ0n) is 17.3. The van der Waals surface area contributed by atoms with Crippen molar-refractivity contribution in [1.82, 2.24) is 0 Å². The van der Waals surface area contributed by atoms with Crippen molar-refractivity contribution in [2.45, 2.75) is 84.7 Å². The molecule has 0 spiro atoms. The van der Waals surface area contributed by atoms with Gasteiger partial charge in [0, 0.05) is 17.4 Å². The highest BCUT2D eigenvalue weighted by Gasteiger charge is 2.54. The molecule has 1 saturated carbocycles. The molecule has 0 amide bonds. The van der Waals surface area contributed by atoms with E-state index in [9.17, 15) is 15.0 Å². The Balaban J connectivity index is 2.16. The first kappa shape index (κ1) is 20.0. The number of hydrogen-bond acceptors (Lipinski definition) is 3. The molecule has 0 aromatic heterocycles. The first-order chi connectivity index (χ1) is 12.7. The minimum atomic E-state index is -1.04. The van der Waals surface area contributed by atoms with Crippen molar-refractivity contribution in [3.63, 3.8) is 0 Å². The van der Waals surface area contributed by atoms with E-state index in [2.05, 4.69) is 34.6 Å². The number of carbonyl (C=O) groups is 1. The summed E-state index contributed by atoms with van der Waals surface area (Å²) in [4.78, 5) is 12.0. The van der Waals surface area contributed by atoms with Gasteiger partial charge >= 0.3 is 5.97 Å². The van der Waals surface area contributed by atoms with E-state index in [0.29, 0.717) is 35.5 Å². The lowest BCUT2D eigenvalue weighted by Gasteiger charge is -2.46. The topological polar surface area (TPSA) is 66.8 Å². The molecule has 1 aliphatic heterocycles. The fourth-order valence-corrected chi connectivity index (χ4v) is 5.61. The normalized spacial score (nSPS) is 29.3. The summed E-state index contributed by atoms with van der Waals surface area (Å²) in [6, 6.07) is 1.91. The molecule has 4 nitrogen and oxygen atoms in total. The van der Waals surface area contributed by atoms with Crippen LogP contribution < -0.4 is 4.74 Å². The molecule has 0 radical (unpaired) electrons. The number of carboxylic acid groups (broad SMARTS) is 1. The molecule has 2 N–H and O–H groups in total. The van der Waals surface area contributed by atoms with Gasteiger partial charge < -0.3 is 14.9 Å². The van der Waals surface area contributed by atoms with Crippen LogP contribution in [0.4, 0.5) is 0 Å². The van der Waals surface area contributed by atoms with Crippen LogP contribution in [0.25, 0.3) is 0 Å². The largest absolute Gasteiger partial charge is 0.507 e. The molecule has 1 aliphatic carbocycles. The first-order valence-electron chi connectivity index (χ1n) is 10.5. The fraction of sp³-hybridized carbons (Fsp3) is 0.696. The highest BCUT2D eigenvalue weighted by Crippen LogP contribution is 2.59. The van der Waals surface area contributed by atoms with Crippen molar-refractivity contribution < 1.29 is 19.7 Å². The third kappa shape index (κ3) is 3.32. The Morgan fingerprint density at radius 3 is 2.67 bits per heavy atom. The van der Waals surface area contributed by atoms with E-state index >= 15 is 0 Å². The van der Waals surface area contributed by atoms with Crippen LogP contribution in [0, 0.1) is 17.8 Å². The number of unbranched alkanes of at least 4 members (excludes halogenated alkanes) is 2. The zero-order valence-corrected chi connectivity index (χ0v) is 17.3. The maximum atomic E-state index is 12.0. The van der Waals surface area contributed by atoms with Crippen LogP contribution in [0.5, 0.6) is 11.5 Å². The Bertz CT molecular complexity index is 724. The number of fused-ring (bicyclic) bond motifs is 2. The second-order valence-electron chi connectivity index (χ2n) is 9.16. The second-order valence-corrected chi connectivity index (χ2v) is 9.16. The van der Waals surface area contributed by atoms with Crippen molar-refractivity contribution in [2.75, 3.05) is 0 Å². The van der Waals surface area contributed by atoms with Crippen LogP contribution in [0.1, 0.15) is 94.1 Å². The fourth-order valence-electron chi connectivity index (χ4n) is 5.61. The van der Waals surface area contributed by atoms with Gasteiger partial charge in [0.1, 0.15) is 22.7 Å². The van der Waals surface area contributed by atoms with Crippen molar-refractivity contribution in [3.05, 3.63) is 22.8 Å². The summed E-state index contributed by atoms with van der Waals surface area (Å²) in [6.07, 6.45) is 5.80. The Hall–Kier alpha value is -1.71. The number of ether oxygens (including phenoxy) is 1. The lowest BCUT2D eigenvalue weighted by atomic mass is 9.67. The Kier molecular flexibility index (Phi) is 5.47. The smallest absolute Gasteiger partial charge is 0.339 e. The number of hydrogen-bond donors (Lipinski definition) is 2. The number of aryl methyl sites for hydroxylation is 1. The number of aromatic hydroxyl groups is 1. The van der Waals surface area contributed by atoms with Gasteiger partial charge in [-0.05, 0) is 56.1 Å². The van der Waals surface area contributed by atoms with E-state index in [0.717, 1.165) is 37.7 Å². The van der Waals surface area contributed by atoms with Crippen molar-refractivity contribution in [1.29, 1.82) is 0 Å². The van der Waals surface area contributed by atoms with Gasteiger partial charge in [0.2, 0.25) is 0 Å². The van der Waals surface area contributed by atoms with E-state index in [1.54, 1.807) is 0 Å². The van der Waals surface area contributed by atoms with E-state index in [-0.39, 0.29) is 22.8 Å². The summed E-state index contributed by atoms with van der Waals surface area (Å²) in [5, 5.41) is 20.9. The number of benzene rings is 1. The third-order valence-electron chi connectivity index (χ3n) is 6.84. The van der Waals surface area contributed by atoms with E-state index in [1.165, 1.54) is 0 Å². The summed E-state index contributed by atoms with van der Waals surface area (Å²) in [5.41, 5.74) is 1.26. The minimum Gasteiger partial charge on any atom is -0.507 e. The monoisotopic (exact) mass is 374 g/mol. The van der Waals surface area contributed by atoms with Gasteiger partial charge in [0.25, 0.3) is 0 Å². The molecular weight excluding hydrogens is 340 g/mol. The van der Waals surface area contributed by atoms with E-state index in [4.69, 9.17) is 4.74 Å². The van der Waals surface area contributed by atoms with Crippen molar-refractivity contribution in [3.8, 4) is 11.5 Å². The summed E-state index contributed by atoms with van der Waals surface area (Å²) in [7, 11) is 0. The molecule has 1 fully saturated rings. The summed E-state index contributed by atoms with van der Waals surface area (Å²) >= 11 is 0. The van der Waals surface area contributed by atoms with Crippen molar-refractivity contribution >= 4 is 5.97 Å². The highest BCUT2D eigenvalue weighted by molar-refractivity contribution is 5.94. The molecular formula is C23H34O4. The molecule has 1 aromatic carbocycles. The van der Waals surface area contributed by atoms with Gasteiger partial charge in [0.15, 0.2) is 0 Å². The van der Waals surface area contributed by atoms with Crippen LogP contribution in [0.3, 0.4) is 0 Å². The number of phenols is 1. The standard InChI is InChI=1S/C23H34O4/c1-6-7-8-9-15-12-16-19(21(24)18(15)22(25)26)17(13(2)3)20-14(4)10-11-23(20,5)27-16/h12-14,17,20,24H,6-11H2,1-5H3,(H,25,26)/t14?,17-,20-,23-/m1/s1. The third-order valence-corrected chi connectivity index (χ3v) is 6.84. The lowest BCUT2D eigenvalue weighted by Crippen LogP contribution is -2.46. The zero-order chi connectivity index (χ0) is 19.9. The predicted octanol–water partition coefficient (Wildman–Crippen LogP) is 5.76. The number of rotatable bonds is 6. The molecule has 2 aliphatic rings. The molecule has 4 atom stereocenters. The molecule has 1 heterocycles. The predicted molar refractivity (Wildman–Crippen MR) is 107 cm³/mol. The molecule has 150 valence electrons. The molecule has 0 bridgehead atoms. The van der Waals surface area contributed by atoms with Gasteiger partial charge in [0.05, 0.1) is 0 Å². The van der Waals surface area contributed by atoms with Crippen LogP contribution in [0.15, 0.2) is 6.07 Å². The average molecular weight is 375 g/mol. The molecule has 1 unspecified atom stereocenters. The van der Waals surface area contributed by atoms with Gasteiger partial charge in [-0.25, -0.2) is 4.79 Å². The van der Waals surface area contributed by atoms with Crippen LogP contribution in [0.2, 0.25) is 0 Å². The van der Waals surface area contributed by atoms with Gasteiger partial charge in [-0.1, -0.05) is 40.5 Å².